The Morgan fingerprint density at radius 2 is 2.05 bits per heavy atom. The minimum atomic E-state index is -3.25. The first kappa shape index (κ1) is 15.8. The van der Waals surface area contributed by atoms with E-state index in [0.29, 0.717) is 24.5 Å². The second-order valence-electron chi connectivity index (χ2n) is 4.60. The lowest BCUT2D eigenvalue weighted by Crippen LogP contribution is -2.19. The highest BCUT2D eigenvalue weighted by Gasteiger charge is 2.09. The molecule has 0 bridgehead atoms. The lowest BCUT2D eigenvalue weighted by atomic mass is 10.3. The van der Waals surface area contributed by atoms with Crippen molar-refractivity contribution >= 4 is 15.7 Å². The van der Waals surface area contributed by atoms with E-state index in [0.717, 1.165) is 6.54 Å². The third kappa shape index (κ3) is 6.45. The van der Waals surface area contributed by atoms with Crippen LogP contribution in [0.25, 0.3) is 0 Å². The second kappa shape index (κ2) is 7.35. The van der Waals surface area contributed by atoms with Crippen LogP contribution in [0.2, 0.25) is 0 Å². The van der Waals surface area contributed by atoms with Crippen LogP contribution in [0, 0.1) is 0 Å². The van der Waals surface area contributed by atoms with E-state index in [4.69, 9.17) is 4.74 Å². The van der Waals surface area contributed by atoms with Gasteiger partial charge >= 0.3 is 0 Å². The van der Waals surface area contributed by atoms with Crippen LogP contribution in [-0.2, 0) is 10.0 Å². The number of ether oxygens (including phenoxy) is 1. The van der Waals surface area contributed by atoms with E-state index < -0.39 is 10.0 Å². The number of anilines is 1. The molecule has 0 unspecified atom stereocenters. The number of rotatable bonds is 8. The molecule has 1 N–H and O–H groups in total. The normalized spacial score (nSPS) is 11.6. The summed E-state index contributed by atoms with van der Waals surface area (Å²) in [4.78, 5) is 2.02. The summed E-state index contributed by atoms with van der Waals surface area (Å²) in [6.45, 7) is 3.21. The molecule has 0 aliphatic rings. The third-order valence-corrected chi connectivity index (χ3v) is 3.88. The second-order valence-corrected chi connectivity index (χ2v) is 6.44. The van der Waals surface area contributed by atoms with Gasteiger partial charge in [0.25, 0.3) is 0 Å². The van der Waals surface area contributed by atoms with E-state index in [1.165, 1.54) is 0 Å². The van der Waals surface area contributed by atoms with Crippen molar-refractivity contribution in [3.05, 3.63) is 24.3 Å². The van der Waals surface area contributed by atoms with Gasteiger partial charge in [0.2, 0.25) is 10.0 Å². The lowest BCUT2D eigenvalue weighted by Gasteiger charge is -2.12. The van der Waals surface area contributed by atoms with Crippen LogP contribution < -0.4 is 9.46 Å². The van der Waals surface area contributed by atoms with Gasteiger partial charge in [-0.25, -0.2) is 8.42 Å². The van der Waals surface area contributed by atoms with Crippen LogP contribution in [0.15, 0.2) is 24.3 Å². The highest BCUT2D eigenvalue weighted by molar-refractivity contribution is 7.92. The van der Waals surface area contributed by atoms with Gasteiger partial charge in [0.1, 0.15) is 12.4 Å². The van der Waals surface area contributed by atoms with Gasteiger partial charge in [-0.05, 0) is 32.6 Å². The van der Waals surface area contributed by atoms with Gasteiger partial charge in [-0.3, -0.25) is 4.72 Å². The van der Waals surface area contributed by atoms with Crippen LogP contribution in [0.4, 0.5) is 5.69 Å². The Hall–Kier alpha value is -1.27. The molecule has 0 spiro atoms. The smallest absolute Gasteiger partial charge is 0.232 e. The van der Waals surface area contributed by atoms with Crippen molar-refractivity contribution in [3.8, 4) is 5.75 Å². The van der Waals surface area contributed by atoms with E-state index in [1.807, 2.05) is 32.0 Å². The molecule has 108 valence electrons. The number of benzene rings is 1. The van der Waals surface area contributed by atoms with Crippen LogP contribution in [0.3, 0.4) is 0 Å². The minimum absolute atomic E-state index is 0.124. The molecule has 0 aromatic heterocycles. The first-order valence-electron chi connectivity index (χ1n) is 6.31. The summed E-state index contributed by atoms with van der Waals surface area (Å²) in [6, 6.07) is 7.00. The highest BCUT2D eigenvalue weighted by Crippen LogP contribution is 2.18. The maximum atomic E-state index is 11.7. The maximum Gasteiger partial charge on any atom is 0.232 e. The number of nitrogens with zero attached hydrogens (tertiary/aromatic N) is 1. The number of hydrogen-bond acceptors (Lipinski definition) is 4. The van der Waals surface area contributed by atoms with Gasteiger partial charge in [-0.1, -0.05) is 13.0 Å². The molecule has 0 saturated heterocycles. The molecular formula is C13H22N2O3S. The van der Waals surface area contributed by atoms with Crippen molar-refractivity contribution in [2.45, 2.75) is 13.3 Å². The first-order valence-corrected chi connectivity index (χ1v) is 7.96. The van der Waals surface area contributed by atoms with Crippen LogP contribution in [-0.4, -0.2) is 46.3 Å². The highest BCUT2D eigenvalue weighted by atomic mass is 32.2. The molecule has 19 heavy (non-hydrogen) atoms. The summed E-state index contributed by atoms with van der Waals surface area (Å²) in [6.07, 6.45) is 0.592. The lowest BCUT2D eigenvalue weighted by molar-refractivity contribution is 0.261. The largest absolute Gasteiger partial charge is 0.492 e. The fourth-order valence-electron chi connectivity index (χ4n) is 1.49. The third-order valence-electron chi connectivity index (χ3n) is 2.39. The van der Waals surface area contributed by atoms with Crippen molar-refractivity contribution in [1.29, 1.82) is 0 Å². The molecular weight excluding hydrogens is 264 g/mol. The number of hydrogen-bond donors (Lipinski definition) is 1. The Morgan fingerprint density at radius 3 is 2.68 bits per heavy atom. The number of likely N-dealkylation sites (N-methyl/N-ethyl adjacent to an activating group) is 1. The number of nitrogens with one attached hydrogen (secondary N) is 1. The van der Waals surface area contributed by atoms with Crippen LogP contribution in [0.1, 0.15) is 13.3 Å². The predicted molar refractivity (Wildman–Crippen MR) is 78.2 cm³/mol. The molecule has 0 heterocycles. The Bertz CT molecular complexity index is 486. The van der Waals surface area contributed by atoms with E-state index in [9.17, 15) is 8.42 Å². The summed E-state index contributed by atoms with van der Waals surface area (Å²) in [7, 11) is 0.693. The van der Waals surface area contributed by atoms with Crippen molar-refractivity contribution < 1.29 is 13.2 Å². The Morgan fingerprint density at radius 1 is 1.32 bits per heavy atom. The van der Waals surface area contributed by atoms with Gasteiger partial charge in [0.15, 0.2) is 0 Å². The summed E-state index contributed by atoms with van der Waals surface area (Å²) < 4.78 is 31.4. The van der Waals surface area contributed by atoms with E-state index in [1.54, 1.807) is 18.2 Å². The topological polar surface area (TPSA) is 58.6 Å². The SMILES string of the molecule is CCCS(=O)(=O)Nc1cccc(OCCN(C)C)c1. The molecule has 1 rings (SSSR count). The molecule has 1 aromatic carbocycles. The number of sulfonamides is 1. The van der Waals surface area contributed by atoms with Crippen molar-refractivity contribution in [1.82, 2.24) is 4.90 Å². The molecule has 1 aromatic rings. The van der Waals surface area contributed by atoms with Gasteiger partial charge in [-0.2, -0.15) is 0 Å². The van der Waals surface area contributed by atoms with E-state index >= 15 is 0 Å². The van der Waals surface area contributed by atoms with Crippen LogP contribution in [0.5, 0.6) is 5.75 Å². The van der Waals surface area contributed by atoms with E-state index in [2.05, 4.69) is 4.72 Å². The van der Waals surface area contributed by atoms with Gasteiger partial charge < -0.3 is 9.64 Å². The Kier molecular flexibility index (Phi) is 6.11. The van der Waals surface area contributed by atoms with Gasteiger partial charge in [0, 0.05) is 12.6 Å². The Labute approximate surface area is 115 Å². The molecule has 0 radical (unpaired) electrons. The predicted octanol–water partition coefficient (Wildman–Crippen LogP) is 1.78. The average molecular weight is 286 g/mol. The fourth-order valence-corrected chi connectivity index (χ4v) is 2.62. The monoisotopic (exact) mass is 286 g/mol. The van der Waals surface area contributed by atoms with Crippen LogP contribution >= 0.6 is 0 Å². The summed E-state index contributed by atoms with van der Waals surface area (Å²) in [5.74, 6) is 0.789. The minimum Gasteiger partial charge on any atom is -0.492 e. The molecule has 0 aliphatic carbocycles. The van der Waals surface area contributed by atoms with Gasteiger partial charge in [-0.15, -0.1) is 0 Å². The standard InChI is InChI=1S/C13H22N2O3S/c1-4-10-19(16,17)14-12-6-5-7-13(11-12)18-9-8-15(2)3/h5-7,11,14H,4,8-10H2,1-3H3. The fraction of sp³-hybridized carbons (Fsp3) is 0.538. The average Bonchev–Trinajstić information content (AvgIpc) is 2.28. The van der Waals surface area contributed by atoms with E-state index in [-0.39, 0.29) is 5.75 Å². The quantitative estimate of drug-likeness (QED) is 0.791. The van der Waals surface area contributed by atoms with Gasteiger partial charge in [0.05, 0.1) is 11.4 Å². The zero-order valence-electron chi connectivity index (χ0n) is 11.7. The molecule has 0 fully saturated rings. The summed E-state index contributed by atoms with van der Waals surface area (Å²) in [5, 5.41) is 0. The molecule has 0 aliphatic heterocycles. The zero-order chi connectivity index (χ0) is 14.3. The molecule has 0 atom stereocenters. The molecule has 6 heteroatoms. The van der Waals surface area contributed by atoms with Crippen molar-refractivity contribution in [2.24, 2.45) is 0 Å². The Balaban J connectivity index is 2.62. The molecule has 0 amide bonds. The zero-order valence-corrected chi connectivity index (χ0v) is 12.5. The first-order chi connectivity index (χ1) is 8.93. The molecule has 5 nitrogen and oxygen atoms in total. The van der Waals surface area contributed by atoms with Crippen molar-refractivity contribution in [2.75, 3.05) is 37.7 Å². The van der Waals surface area contributed by atoms with Crippen molar-refractivity contribution in [3.63, 3.8) is 0 Å². The maximum absolute atomic E-state index is 11.7. The molecule has 0 saturated carbocycles. The summed E-state index contributed by atoms with van der Waals surface area (Å²) in [5.41, 5.74) is 0.538. The summed E-state index contributed by atoms with van der Waals surface area (Å²) >= 11 is 0.